The molecule has 3 aliphatic rings. The van der Waals surface area contributed by atoms with Gasteiger partial charge in [0, 0.05) is 37.9 Å². The third-order valence-electron chi connectivity index (χ3n) is 6.31. The minimum absolute atomic E-state index is 0.272. The molecule has 3 aliphatic heterocycles. The Kier molecular flexibility index (Phi) is 3.80. The molecule has 0 saturated carbocycles. The number of rotatable bonds is 1. The molecular formula is C23H27N3O. The number of likely N-dealkylation sites (tertiary alicyclic amines) is 1. The van der Waals surface area contributed by atoms with Gasteiger partial charge in [0.1, 0.15) is 5.75 Å². The Morgan fingerprint density at radius 3 is 2.44 bits per heavy atom. The maximum atomic E-state index is 6.67. The largest absolute Gasteiger partial charge is 0.466 e. The van der Waals surface area contributed by atoms with Gasteiger partial charge >= 0.3 is 0 Å². The van der Waals surface area contributed by atoms with Crippen LogP contribution in [0.25, 0.3) is 0 Å². The van der Waals surface area contributed by atoms with Gasteiger partial charge < -0.3 is 9.64 Å². The molecule has 1 spiro atoms. The Morgan fingerprint density at radius 2 is 1.70 bits per heavy atom. The van der Waals surface area contributed by atoms with E-state index in [1.54, 1.807) is 0 Å². The summed E-state index contributed by atoms with van der Waals surface area (Å²) in [7, 11) is 2.19. The van der Waals surface area contributed by atoms with Crippen LogP contribution in [-0.4, -0.2) is 41.5 Å². The molecule has 1 fully saturated rings. The molecule has 3 heterocycles. The molecule has 0 aliphatic carbocycles. The highest BCUT2D eigenvalue weighted by Crippen LogP contribution is 2.50. The van der Waals surface area contributed by atoms with Crippen LogP contribution in [0, 0.1) is 13.8 Å². The van der Waals surface area contributed by atoms with Gasteiger partial charge in [0.15, 0.2) is 0 Å². The SMILES string of the molecule is Cc1ccc(C2=NN3C(C2)c2cc(C)ccc2OC32CCN(C)CC2)cc1. The van der Waals surface area contributed by atoms with Crippen molar-refractivity contribution >= 4 is 5.71 Å². The lowest BCUT2D eigenvalue weighted by Crippen LogP contribution is -2.58. The van der Waals surface area contributed by atoms with E-state index in [2.05, 4.69) is 73.3 Å². The normalized spacial score (nSPS) is 23.6. The van der Waals surface area contributed by atoms with E-state index in [-0.39, 0.29) is 11.8 Å². The third-order valence-corrected chi connectivity index (χ3v) is 6.31. The number of piperidine rings is 1. The Hall–Kier alpha value is -2.33. The van der Waals surface area contributed by atoms with Crippen molar-refractivity contribution in [2.24, 2.45) is 5.10 Å². The summed E-state index contributed by atoms with van der Waals surface area (Å²) in [6.45, 7) is 6.37. The maximum absolute atomic E-state index is 6.67. The summed E-state index contributed by atoms with van der Waals surface area (Å²) in [6, 6.07) is 15.6. The minimum Gasteiger partial charge on any atom is -0.466 e. The highest BCUT2D eigenvalue weighted by Gasteiger charge is 2.51. The third kappa shape index (κ3) is 2.74. The quantitative estimate of drug-likeness (QED) is 0.759. The van der Waals surface area contributed by atoms with Crippen molar-refractivity contribution in [3.05, 3.63) is 64.7 Å². The first-order valence-electron chi connectivity index (χ1n) is 9.96. The van der Waals surface area contributed by atoms with Crippen LogP contribution < -0.4 is 4.74 Å². The van der Waals surface area contributed by atoms with Crippen LogP contribution >= 0.6 is 0 Å². The van der Waals surface area contributed by atoms with Gasteiger partial charge in [-0.3, -0.25) is 0 Å². The number of aryl methyl sites for hydroxylation is 2. The van der Waals surface area contributed by atoms with E-state index in [9.17, 15) is 0 Å². The number of hydrazone groups is 1. The zero-order chi connectivity index (χ0) is 18.6. The molecule has 1 atom stereocenters. The summed E-state index contributed by atoms with van der Waals surface area (Å²) in [6.07, 6.45) is 2.91. The lowest BCUT2D eigenvalue weighted by Gasteiger charge is -2.50. The molecule has 1 saturated heterocycles. The number of hydrogen-bond donors (Lipinski definition) is 0. The van der Waals surface area contributed by atoms with Crippen LogP contribution in [0.4, 0.5) is 0 Å². The standard InChI is InChI=1S/C23H27N3O/c1-16-4-7-18(8-5-16)20-15-21-19-14-17(2)6-9-22(19)27-23(26(21)24-20)10-12-25(3)13-11-23/h4-9,14,21H,10-13,15H2,1-3H3. The van der Waals surface area contributed by atoms with Crippen LogP contribution in [0.5, 0.6) is 5.75 Å². The first-order chi connectivity index (χ1) is 13.0. The predicted molar refractivity (Wildman–Crippen MR) is 108 cm³/mol. The molecular weight excluding hydrogens is 334 g/mol. The van der Waals surface area contributed by atoms with E-state index in [0.29, 0.717) is 0 Å². The first-order valence-corrected chi connectivity index (χ1v) is 9.96. The van der Waals surface area contributed by atoms with E-state index < -0.39 is 0 Å². The molecule has 27 heavy (non-hydrogen) atoms. The average Bonchev–Trinajstić information content (AvgIpc) is 3.12. The Balaban J connectivity index is 1.58. The molecule has 0 N–H and O–H groups in total. The Bertz CT molecular complexity index is 894. The van der Waals surface area contributed by atoms with Gasteiger partial charge in [-0.2, -0.15) is 5.10 Å². The fourth-order valence-electron chi connectivity index (χ4n) is 4.62. The molecule has 2 aromatic carbocycles. The van der Waals surface area contributed by atoms with Gasteiger partial charge in [0.25, 0.3) is 0 Å². The van der Waals surface area contributed by atoms with Gasteiger partial charge in [-0.15, -0.1) is 0 Å². The fraction of sp³-hybridized carbons (Fsp3) is 0.435. The summed E-state index contributed by atoms with van der Waals surface area (Å²) in [5, 5.41) is 7.45. The molecule has 0 amide bonds. The van der Waals surface area contributed by atoms with Crippen LogP contribution in [0.2, 0.25) is 0 Å². The summed E-state index contributed by atoms with van der Waals surface area (Å²) >= 11 is 0. The van der Waals surface area contributed by atoms with Gasteiger partial charge in [0.2, 0.25) is 5.72 Å². The van der Waals surface area contributed by atoms with Crippen molar-refractivity contribution in [3.63, 3.8) is 0 Å². The molecule has 0 radical (unpaired) electrons. The van der Waals surface area contributed by atoms with Crippen molar-refractivity contribution in [1.82, 2.24) is 9.91 Å². The van der Waals surface area contributed by atoms with Crippen molar-refractivity contribution in [2.75, 3.05) is 20.1 Å². The second kappa shape index (κ2) is 6.10. The highest BCUT2D eigenvalue weighted by molar-refractivity contribution is 6.02. The Morgan fingerprint density at radius 1 is 1.00 bits per heavy atom. The lowest BCUT2D eigenvalue weighted by molar-refractivity contribution is -0.147. The van der Waals surface area contributed by atoms with Crippen LogP contribution in [-0.2, 0) is 0 Å². The second-order valence-corrected chi connectivity index (χ2v) is 8.37. The molecule has 4 heteroatoms. The van der Waals surface area contributed by atoms with E-state index >= 15 is 0 Å². The molecule has 140 valence electrons. The lowest BCUT2D eigenvalue weighted by atomic mass is 9.90. The van der Waals surface area contributed by atoms with Crippen LogP contribution in [0.1, 0.15) is 47.6 Å². The van der Waals surface area contributed by atoms with Crippen LogP contribution in [0.15, 0.2) is 47.6 Å². The van der Waals surface area contributed by atoms with Crippen molar-refractivity contribution < 1.29 is 4.74 Å². The second-order valence-electron chi connectivity index (χ2n) is 8.37. The van der Waals surface area contributed by atoms with Crippen molar-refractivity contribution in [1.29, 1.82) is 0 Å². The number of hydrogen-bond acceptors (Lipinski definition) is 4. The molecule has 5 rings (SSSR count). The fourth-order valence-corrected chi connectivity index (χ4v) is 4.62. The molecule has 4 nitrogen and oxygen atoms in total. The van der Waals surface area contributed by atoms with Gasteiger partial charge in [-0.05, 0) is 32.5 Å². The van der Waals surface area contributed by atoms with E-state index in [1.807, 2.05) is 0 Å². The van der Waals surface area contributed by atoms with Gasteiger partial charge in [-0.1, -0.05) is 47.5 Å². The number of nitrogens with zero attached hydrogens (tertiary/aromatic N) is 3. The van der Waals surface area contributed by atoms with E-state index in [0.717, 1.165) is 38.1 Å². The predicted octanol–water partition coefficient (Wildman–Crippen LogP) is 4.27. The molecule has 0 bridgehead atoms. The molecule has 0 aromatic heterocycles. The summed E-state index contributed by atoms with van der Waals surface area (Å²) in [5.74, 6) is 1.05. The average molecular weight is 361 g/mol. The highest BCUT2D eigenvalue weighted by atomic mass is 16.5. The Labute approximate surface area is 161 Å². The van der Waals surface area contributed by atoms with Crippen molar-refractivity contribution in [3.8, 4) is 5.75 Å². The smallest absolute Gasteiger partial charge is 0.200 e. The van der Waals surface area contributed by atoms with E-state index in [1.165, 1.54) is 28.0 Å². The summed E-state index contributed by atoms with van der Waals surface area (Å²) in [4.78, 5) is 2.38. The van der Waals surface area contributed by atoms with Crippen LogP contribution in [0.3, 0.4) is 0 Å². The zero-order valence-corrected chi connectivity index (χ0v) is 16.4. The van der Waals surface area contributed by atoms with Gasteiger partial charge in [0.05, 0.1) is 11.8 Å². The number of ether oxygens (including phenoxy) is 1. The monoisotopic (exact) mass is 361 g/mol. The minimum atomic E-state index is -0.314. The maximum Gasteiger partial charge on any atom is 0.200 e. The number of benzene rings is 2. The topological polar surface area (TPSA) is 28.1 Å². The van der Waals surface area contributed by atoms with Crippen molar-refractivity contribution in [2.45, 2.75) is 44.9 Å². The first kappa shape index (κ1) is 16.8. The molecule has 1 unspecified atom stereocenters. The summed E-state index contributed by atoms with van der Waals surface area (Å²) < 4.78 is 6.67. The van der Waals surface area contributed by atoms with E-state index in [4.69, 9.17) is 9.84 Å². The molecule has 2 aromatic rings. The zero-order valence-electron chi connectivity index (χ0n) is 16.4. The van der Waals surface area contributed by atoms with Gasteiger partial charge in [-0.25, -0.2) is 5.01 Å². The summed E-state index contributed by atoms with van der Waals surface area (Å²) in [5.41, 5.74) is 5.94. The number of fused-ring (bicyclic) bond motifs is 4.